The van der Waals surface area contributed by atoms with Gasteiger partial charge in [-0.15, -0.1) is 13.2 Å². The number of carboxylic acids is 1. The van der Waals surface area contributed by atoms with Crippen molar-refractivity contribution in [2.24, 2.45) is 22.7 Å². The van der Waals surface area contributed by atoms with Gasteiger partial charge >= 0.3 is 48.0 Å². The first-order valence-electron chi connectivity index (χ1n) is 32.8. The average Bonchev–Trinajstić information content (AvgIpc) is 1.61. The van der Waals surface area contributed by atoms with E-state index in [2.05, 4.69) is 49.2 Å². The molecule has 99 heavy (non-hydrogen) atoms. The number of aryl methyl sites for hydroxylation is 2. The zero-order valence-electron chi connectivity index (χ0n) is 57.2. The summed E-state index contributed by atoms with van der Waals surface area (Å²) in [5, 5.41) is 24.3. The minimum atomic E-state index is -1.47. The molecule has 26 heteroatoms. The number of aromatic carboxylic acids is 1. The number of rotatable bonds is 21. The fourth-order valence-corrected chi connectivity index (χ4v) is 13.5. The number of carbonyl (C=O) groups is 10. The topological polar surface area (TPSA) is 347 Å². The molecule has 528 valence electrons. The van der Waals surface area contributed by atoms with Crippen LogP contribution in [0.15, 0.2) is 73.8 Å². The Hall–Kier alpha value is -8.38. The largest absolute Gasteiger partial charge is 1.00 e. The molecule has 25 nitrogen and oxygen atoms in total. The Kier molecular flexibility index (Phi) is 26.0. The van der Waals surface area contributed by atoms with Gasteiger partial charge in [0.05, 0.1) is 35.8 Å². The Morgan fingerprint density at radius 3 is 1.32 bits per heavy atom. The number of nitrogens with zero attached hydrogens (tertiary/aromatic N) is 6. The summed E-state index contributed by atoms with van der Waals surface area (Å²) in [6, 6.07) is 9.30. The number of ketones is 3. The second kappa shape index (κ2) is 32.3. The van der Waals surface area contributed by atoms with Gasteiger partial charge in [-0.25, -0.2) is 19.6 Å². The molecule has 6 fully saturated rings. The quantitative estimate of drug-likeness (QED) is 0.0203. The number of nitrogens with one attached hydrogen (secondary N) is 4. The molecule has 2 aromatic carbocycles. The molecule has 4 N–H and O–H groups in total. The molecule has 0 spiro atoms. The van der Waals surface area contributed by atoms with Crippen molar-refractivity contribution >= 4 is 87.2 Å². The van der Waals surface area contributed by atoms with E-state index in [-0.39, 0.29) is 129 Å². The van der Waals surface area contributed by atoms with E-state index < -0.39 is 106 Å². The van der Waals surface area contributed by atoms with Crippen molar-refractivity contribution in [3.63, 3.8) is 0 Å². The first kappa shape index (κ1) is 79.6. The first-order chi connectivity index (χ1) is 45.3. The monoisotopic (exact) mass is 1370 g/mol. The number of hydrogen-bond acceptors (Lipinski definition) is 17. The van der Waals surface area contributed by atoms with E-state index in [1.54, 1.807) is 57.2 Å². The Bertz CT molecular complexity index is 3850. The Labute approximate surface area is 601 Å². The third-order valence-electron chi connectivity index (χ3n) is 19.2. The number of pyridine rings is 2. The van der Waals surface area contributed by atoms with Crippen LogP contribution in [0.4, 0.5) is 9.59 Å². The number of benzene rings is 2. The molecular weight excluding hydrogens is 1280 g/mol. The zero-order chi connectivity index (χ0) is 69.9. The van der Waals surface area contributed by atoms with Crippen LogP contribution in [0.1, 0.15) is 179 Å². The molecule has 0 radical (unpaired) electrons. The Morgan fingerprint density at radius 2 is 0.990 bits per heavy atom. The van der Waals surface area contributed by atoms with Crippen molar-refractivity contribution in [3.8, 4) is 11.5 Å². The Balaban J connectivity index is 0.000000303. The normalized spacial score (nSPS) is 23.7. The summed E-state index contributed by atoms with van der Waals surface area (Å²) in [4.78, 5) is 147. The summed E-state index contributed by atoms with van der Waals surface area (Å²) in [6.45, 7) is 24.9. The van der Waals surface area contributed by atoms with Gasteiger partial charge < -0.3 is 65.4 Å². The molecule has 10 rings (SSSR count). The van der Waals surface area contributed by atoms with Crippen LogP contribution < -0.4 is 65.4 Å². The molecule has 4 heterocycles. The molecule has 2 aromatic heterocycles. The zero-order valence-corrected chi connectivity index (χ0v) is 59.2. The smallest absolute Gasteiger partial charge is 0.543 e. The summed E-state index contributed by atoms with van der Waals surface area (Å²) >= 11 is 0. The summed E-state index contributed by atoms with van der Waals surface area (Å²) in [7, 11) is 0. The summed E-state index contributed by atoms with van der Waals surface area (Å²) in [5.41, 5.74) is 7.52. The molecule has 4 aliphatic carbocycles. The van der Waals surface area contributed by atoms with Gasteiger partial charge in [-0.1, -0.05) is 80.7 Å². The molecule has 4 saturated carbocycles. The van der Waals surface area contributed by atoms with E-state index >= 15 is 0 Å². The Morgan fingerprint density at radius 1 is 0.616 bits per heavy atom. The maximum atomic E-state index is 14.4. The van der Waals surface area contributed by atoms with E-state index in [0.717, 1.165) is 68.7 Å². The van der Waals surface area contributed by atoms with Gasteiger partial charge in [0.25, 0.3) is 5.78 Å². The van der Waals surface area contributed by atoms with E-state index in [1.807, 2.05) is 46.8 Å². The van der Waals surface area contributed by atoms with Gasteiger partial charge in [-0.05, 0) is 138 Å². The molecule has 6 amide bonds. The molecule has 2 aliphatic heterocycles. The second-order valence-corrected chi connectivity index (χ2v) is 28.5. The standard InChI is InChI=1S/C36H44N6O7.C35H44N4O8.2CH4.Na/c1-7-22-17-36(22,21(3)43)41-32(45)28-15-24(48-30-16-27(29(44)18-38-37)39-26-14-20(2)12-13-25(26)30)19-42(28)33(46)31(35(4,5)6)40-34(47)49-23-10-8-9-11-23;1-7-21-17-35(21,20(3)40)38-30(41)27-15-23(46-28-16-26(32(43)44)36-25-14-19(2)12-13-24(25)28)18-39(27)31(42)29(34(4,5)6)37-33(45)47-22-10-8-9-11-22;;;/h7,12-14,16,18,22-24,28,31H,1,8-11,15,17,19H2,2-6H3,(H,40,47)(H,41,45);7,12-14,16,21-23,27,29H,1,8-11,15,17-18H2,2-6H3,(H,37,45)(H,38,41)(H,43,44);2*1H4;/q;;;;+1/p-1/t22-,24-,28+,31-,36+;21-,23-,27+,29-,35+;;;/m11.../s1. The number of alkyl carbamates (subject to hydrolysis) is 2. The van der Waals surface area contributed by atoms with Crippen LogP contribution in [0.2, 0.25) is 0 Å². The number of ether oxygens (including phenoxy) is 4. The van der Waals surface area contributed by atoms with Crippen LogP contribution in [-0.4, -0.2) is 163 Å². The third-order valence-corrected chi connectivity index (χ3v) is 19.2. The van der Waals surface area contributed by atoms with Crippen molar-refractivity contribution in [2.75, 3.05) is 13.1 Å². The van der Waals surface area contributed by atoms with E-state index in [4.69, 9.17) is 24.5 Å². The molecule has 10 atom stereocenters. The number of Topliss-reactive ketones (excluding diaryl/α,β-unsaturated/α-hetero) is 3. The number of amides is 6. The van der Waals surface area contributed by atoms with Gasteiger partial charge in [0.15, 0.2) is 11.6 Å². The minimum Gasteiger partial charge on any atom is -0.543 e. The number of carboxylic acid groups (broad SMARTS) is 1. The van der Waals surface area contributed by atoms with Crippen molar-refractivity contribution in [1.82, 2.24) is 41.0 Å². The molecule has 6 aliphatic rings. The summed E-state index contributed by atoms with van der Waals surface area (Å²) in [6.07, 6.45) is 8.58. The minimum absolute atomic E-state index is 0. The number of likely N-dealkylation sites (tertiary alicyclic amines) is 2. The van der Waals surface area contributed by atoms with Crippen LogP contribution in [0.25, 0.3) is 27.3 Å². The van der Waals surface area contributed by atoms with Crippen molar-refractivity contribution in [2.45, 2.75) is 221 Å². The van der Waals surface area contributed by atoms with E-state index in [0.29, 0.717) is 34.6 Å². The van der Waals surface area contributed by atoms with Gasteiger partial charge in [0, 0.05) is 47.6 Å². The molecule has 2 saturated heterocycles. The number of aromatic nitrogens is 2. The molecule has 0 unspecified atom stereocenters. The average molecular weight is 1380 g/mol. The molecule has 0 bridgehead atoms. The maximum absolute atomic E-state index is 14.4. The third kappa shape index (κ3) is 18.2. The van der Waals surface area contributed by atoms with Crippen molar-refractivity contribution in [1.29, 1.82) is 0 Å². The van der Waals surface area contributed by atoms with Crippen molar-refractivity contribution in [3.05, 3.63) is 102 Å². The molecular formula is C73H95N10NaO15. The first-order valence-corrected chi connectivity index (χ1v) is 32.8. The molecule has 4 aromatic rings. The summed E-state index contributed by atoms with van der Waals surface area (Å²) < 4.78 is 24.0. The number of fused-ring (bicyclic) bond motifs is 2. The SMILES string of the molecule is C.C.C=C[C@@H]1C[C@]1(NC(=O)[C@@H]1C[C@@H](Oc2cc(C(=O)C=[N+]=[N-])nc3cc(C)ccc23)CN1C(=O)[C@@H](NC(=O)OC1CCCC1)C(C)(C)C)C(C)=O.C=C[C@@H]1C[C@]1(NC(=O)[C@@H]1C[C@@H](Oc2cc(C(=O)[O-])nc3cc(C)ccc23)CN1C(=O)[C@@H](NC(=O)OC1CCCC1)C(C)(C)C)C(C)=O.[Na+]. The predicted octanol–water partition coefficient (Wildman–Crippen LogP) is 5.37. The van der Waals surface area contributed by atoms with E-state index in [1.165, 1.54) is 35.8 Å². The fourth-order valence-electron chi connectivity index (χ4n) is 13.5. The van der Waals surface area contributed by atoms with E-state index in [9.17, 15) is 53.1 Å². The van der Waals surface area contributed by atoms with Crippen LogP contribution in [0.5, 0.6) is 11.5 Å². The summed E-state index contributed by atoms with van der Waals surface area (Å²) in [5.74, 6) is -4.56. The van der Waals surface area contributed by atoms with Gasteiger partial charge in [-0.2, -0.15) is 4.79 Å². The van der Waals surface area contributed by atoms with Crippen LogP contribution in [0.3, 0.4) is 0 Å². The maximum Gasteiger partial charge on any atom is 1.00 e. The van der Waals surface area contributed by atoms with Gasteiger partial charge in [0.1, 0.15) is 76.9 Å². The van der Waals surface area contributed by atoms with Crippen LogP contribution >= 0.6 is 0 Å². The van der Waals surface area contributed by atoms with Crippen molar-refractivity contribution < 1.29 is 106 Å². The fraction of sp³-hybridized carbons (Fsp3) is 0.548. The van der Waals surface area contributed by atoms with Gasteiger partial charge in [0.2, 0.25) is 23.6 Å². The predicted molar refractivity (Wildman–Crippen MR) is 364 cm³/mol. The van der Waals surface area contributed by atoms with Crippen LogP contribution in [0, 0.1) is 36.5 Å². The second-order valence-electron chi connectivity index (χ2n) is 28.5. The number of hydrogen-bond donors (Lipinski definition) is 4. The number of carbonyl (C=O) groups excluding carboxylic acids is 10. The van der Waals surface area contributed by atoms with Gasteiger partial charge in [-0.3, -0.25) is 33.6 Å². The van der Waals surface area contributed by atoms with Crippen LogP contribution in [-0.2, 0) is 38.2 Å².